The fourth-order valence-electron chi connectivity index (χ4n) is 2.16. The van der Waals surface area contributed by atoms with Gasteiger partial charge in [0.15, 0.2) is 11.2 Å². The number of fused-ring (bicyclic) bond motifs is 1. The highest BCUT2D eigenvalue weighted by Crippen LogP contribution is 2.16. The van der Waals surface area contributed by atoms with Crippen molar-refractivity contribution in [2.24, 2.45) is 21.1 Å². The van der Waals surface area contributed by atoms with Gasteiger partial charge >= 0.3 is 5.69 Å². The Kier molecular flexibility index (Phi) is 3.19. The van der Waals surface area contributed by atoms with E-state index in [2.05, 4.69) is 4.98 Å². The van der Waals surface area contributed by atoms with Crippen molar-refractivity contribution in [1.82, 2.24) is 18.7 Å². The van der Waals surface area contributed by atoms with Gasteiger partial charge in [0.1, 0.15) is 0 Å². The number of likely N-dealkylation sites (N-methyl/N-ethyl adjacent to an activating group) is 1. The van der Waals surface area contributed by atoms with Crippen molar-refractivity contribution >= 4 is 17.1 Å². The summed E-state index contributed by atoms with van der Waals surface area (Å²) in [6.45, 7) is 0.377. The van der Waals surface area contributed by atoms with Crippen LogP contribution in [0.1, 0.15) is 0 Å². The molecule has 0 bridgehead atoms. The average Bonchev–Trinajstić information content (AvgIpc) is 2.72. The molecule has 0 saturated heterocycles. The first kappa shape index (κ1) is 13.3. The Hall–Kier alpha value is -2.09. The van der Waals surface area contributed by atoms with Crippen molar-refractivity contribution in [3.05, 3.63) is 20.8 Å². The Morgan fingerprint density at radius 3 is 2.37 bits per heavy atom. The molecule has 0 spiro atoms. The molecular formula is C11H17N5O3. The Labute approximate surface area is 109 Å². The Bertz CT molecular complexity index is 739. The maximum absolute atomic E-state index is 12.1. The van der Waals surface area contributed by atoms with Crippen LogP contribution >= 0.6 is 0 Å². The summed E-state index contributed by atoms with van der Waals surface area (Å²) in [5.41, 5.74) is -0.103. The van der Waals surface area contributed by atoms with Crippen molar-refractivity contribution in [1.29, 1.82) is 0 Å². The second-order valence-corrected chi connectivity index (χ2v) is 4.49. The standard InChI is InChI=1S/C11H17N5O3/c1-13(5-6-17)10-12-7-8(14(10)2)15(3)11(19)16(4)9(7)18/h17H,5-6H2,1-4H3. The summed E-state index contributed by atoms with van der Waals surface area (Å²) in [7, 11) is 6.52. The summed E-state index contributed by atoms with van der Waals surface area (Å²) in [5, 5.41) is 8.96. The van der Waals surface area contributed by atoms with Gasteiger partial charge < -0.3 is 10.0 Å². The van der Waals surface area contributed by atoms with Crippen molar-refractivity contribution in [2.45, 2.75) is 0 Å². The Balaban J connectivity index is 2.85. The molecule has 2 aromatic heterocycles. The van der Waals surface area contributed by atoms with Gasteiger partial charge in [-0.2, -0.15) is 0 Å². The van der Waals surface area contributed by atoms with Gasteiger partial charge in [-0.25, -0.2) is 9.78 Å². The zero-order chi connectivity index (χ0) is 14.3. The molecule has 2 aromatic rings. The minimum Gasteiger partial charge on any atom is -0.395 e. The molecule has 0 aliphatic rings. The number of nitrogens with zero attached hydrogens (tertiary/aromatic N) is 5. The monoisotopic (exact) mass is 267 g/mol. The van der Waals surface area contributed by atoms with Crippen LogP contribution < -0.4 is 16.1 Å². The van der Waals surface area contributed by atoms with Crippen LogP contribution in [-0.2, 0) is 21.1 Å². The van der Waals surface area contributed by atoms with Crippen LogP contribution in [0.15, 0.2) is 9.59 Å². The summed E-state index contributed by atoms with van der Waals surface area (Å²) in [5.74, 6) is 0.530. The molecule has 1 N–H and O–H groups in total. The lowest BCUT2D eigenvalue weighted by Gasteiger charge is -2.16. The van der Waals surface area contributed by atoms with E-state index in [1.807, 2.05) is 0 Å². The van der Waals surface area contributed by atoms with Crippen LogP contribution in [0.5, 0.6) is 0 Å². The number of imidazole rings is 1. The molecule has 0 unspecified atom stereocenters. The summed E-state index contributed by atoms with van der Waals surface area (Å²) in [6, 6.07) is 0. The first-order chi connectivity index (χ1) is 8.90. The number of rotatable bonds is 3. The third-order valence-electron chi connectivity index (χ3n) is 3.22. The van der Waals surface area contributed by atoms with Gasteiger partial charge in [0.2, 0.25) is 5.95 Å². The second-order valence-electron chi connectivity index (χ2n) is 4.49. The first-order valence-corrected chi connectivity index (χ1v) is 5.84. The van der Waals surface area contributed by atoms with Crippen LogP contribution in [0.2, 0.25) is 0 Å². The SMILES string of the molecule is CN(CCO)c1nc2c(=O)n(C)c(=O)n(C)c2n1C. The normalized spacial score (nSPS) is 11.2. The van der Waals surface area contributed by atoms with Crippen molar-refractivity contribution in [2.75, 3.05) is 25.1 Å². The molecule has 2 rings (SSSR count). The van der Waals surface area contributed by atoms with E-state index in [4.69, 9.17) is 5.11 Å². The Morgan fingerprint density at radius 2 is 1.79 bits per heavy atom. The average molecular weight is 267 g/mol. The van der Waals surface area contributed by atoms with Crippen LogP contribution in [-0.4, -0.2) is 44.0 Å². The molecule has 0 radical (unpaired) electrons. The van der Waals surface area contributed by atoms with E-state index in [1.54, 1.807) is 30.6 Å². The van der Waals surface area contributed by atoms with E-state index in [0.717, 1.165) is 4.57 Å². The van der Waals surface area contributed by atoms with Gasteiger partial charge in [-0.3, -0.25) is 18.5 Å². The zero-order valence-electron chi connectivity index (χ0n) is 11.4. The smallest absolute Gasteiger partial charge is 0.332 e. The van der Waals surface area contributed by atoms with Crippen LogP contribution in [0, 0.1) is 0 Å². The highest BCUT2D eigenvalue weighted by atomic mass is 16.3. The third-order valence-corrected chi connectivity index (χ3v) is 3.22. The zero-order valence-corrected chi connectivity index (χ0v) is 11.4. The number of aromatic nitrogens is 4. The van der Waals surface area contributed by atoms with Crippen LogP contribution in [0.25, 0.3) is 11.2 Å². The molecular weight excluding hydrogens is 250 g/mol. The molecule has 0 amide bonds. The molecule has 0 fully saturated rings. The van der Waals surface area contributed by atoms with Crippen molar-refractivity contribution in [3.8, 4) is 0 Å². The first-order valence-electron chi connectivity index (χ1n) is 5.84. The minimum absolute atomic E-state index is 0.0172. The van der Waals surface area contributed by atoms with Gasteiger partial charge in [-0.1, -0.05) is 0 Å². The minimum atomic E-state index is -0.419. The highest BCUT2D eigenvalue weighted by Gasteiger charge is 2.18. The van der Waals surface area contributed by atoms with E-state index in [1.165, 1.54) is 11.6 Å². The van der Waals surface area contributed by atoms with E-state index in [0.29, 0.717) is 18.1 Å². The van der Waals surface area contributed by atoms with Gasteiger partial charge in [-0.15, -0.1) is 0 Å². The number of aryl methyl sites for hydroxylation is 2. The molecule has 8 nitrogen and oxygen atoms in total. The number of hydrogen-bond acceptors (Lipinski definition) is 5. The fraction of sp³-hybridized carbons (Fsp3) is 0.545. The lowest BCUT2D eigenvalue weighted by molar-refractivity contribution is 0.303. The molecule has 0 saturated carbocycles. The number of anilines is 1. The van der Waals surface area contributed by atoms with Gasteiger partial charge in [0, 0.05) is 34.7 Å². The van der Waals surface area contributed by atoms with E-state index in [-0.39, 0.29) is 12.1 Å². The fourth-order valence-corrected chi connectivity index (χ4v) is 2.16. The van der Waals surface area contributed by atoms with E-state index >= 15 is 0 Å². The number of aliphatic hydroxyl groups is 1. The summed E-state index contributed by atoms with van der Waals surface area (Å²) >= 11 is 0. The predicted octanol–water partition coefficient (Wildman–Crippen LogP) is -1.60. The molecule has 0 aromatic carbocycles. The summed E-state index contributed by atoms with van der Waals surface area (Å²) in [4.78, 5) is 29.9. The molecule has 104 valence electrons. The molecule has 0 aliphatic heterocycles. The maximum Gasteiger partial charge on any atom is 0.332 e. The molecule has 19 heavy (non-hydrogen) atoms. The second kappa shape index (κ2) is 4.54. The molecule has 0 atom stereocenters. The van der Waals surface area contributed by atoms with Crippen LogP contribution in [0.4, 0.5) is 5.95 Å². The van der Waals surface area contributed by atoms with E-state index in [9.17, 15) is 9.59 Å². The summed E-state index contributed by atoms with van der Waals surface area (Å²) < 4.78 is 4.10. The van der Waals surface area contributed by atoms with Crippen LogP contribution in [0.3, 0.4) is 0 Å². The lowest BCUT2D eigenvalue weighted by atomic mass is 10.5. The predicted molar refractivity (Wildman–Crippen MR) is 71.6 cm³/mol. The third kappa shape index (κ3) is 1.84. The van der Waals surface area contributed by atoms with Gasteiger partial charge in [0.25, 0.3) is 5.56 Å². The largest absolute Gasteiger partial charge is 0.395 e. The Morgan fingerprint density at radius 1 is 1.16 bits per heavy atom. The van der Waals surface area contributed by atoms with Crippen molar-refractivity contribution < 1.29 is 5.11 Å². The molecule has 0 aliphatic carbocycles. The molecule has 2 heterocycles. The van der Waals surface area contributed by atoms with E-state index < -0.39 is 11.2 Å². The highest BCUT2D eigenvalue weighted by molar-refractivity contribution is 5.74. The topological polar surface area (TPSA) is 85.3 Å². The lowest BCUT2D eigenvalue weighted by Crippen LogP contribution is -2.37. The number of hydrogen-bond donors (Lipinski definition) is 1. The van der Waals surface area contributed by atoms with Gasteiger partial charge in [-0.05, 0) is 0 Å². The van der Waals surface area contributed by atoms with Gasteiger partial charge in [0.05, 0.1) is 6.61 Å². The summed E-state index contributed by atoms with van der Waals surface area (Å²) in [6.07, 6.45) is 0. The molecule has 8 heteroatoms. The number of aliphatic hydroxyl groups excluding tert-OH is 1. The van der Waals surface area contributed by atoms with Crippen molar-refractivity contribution in [3.63, 3.8) is 0 Å². The maximum atomic E-state index is 12.1. The quantitative estimate of drug-likeness (QED) is 0.724.